The second-order valence-corrected chi connectivity index (χ2v) is 15.6. The lowest BCUT2D eigenvalue weighted by Crippen LogP contribution is -2.32. The summed E-state index contributed by atoms with van der Waals surface area (Å²) >= 11 is 0. The maximum atomic E-state index is 13.3. The van der Waals surface area contributed by atoms with E-state index in [9.17, 15) is 4.79 Å². The van der Waals surface area contributed by atoms with E-state index in [1.165, 1.54) is 22.2 Å². The lowest BCUT2D eigenvalue weighted by Gasteiger charge is -2.34. The number of allylic oxidation sites excluding steroid dienone is 1. The summed E-state index contributed by atoms with van der Waals surface area (Å²) in [6, 6.07) is 66.1. The van der Waals surface area contributed by atoms with Gasteiger partial charge in [0.2, 0.25) is 0 Å². The summed E-state index contributed by atoms with van der Waals surface area (Å²) in [5.41, 5.74) is 12.9. The molecule has 60 heavy (non-hydrogen) atoms. The molecule has 2 aromatic heterocycles. The summed E-state index contributed by atoms with van der Waals surface area (Å²) in [4.78, 5) is 18.1. The molecule has 2 atom stereocenters. The highest BCUT2D eigenvalue weighted by Gasteiger charge is 2.29. The first-order valence-electron chi connectivity index (χ1n) is 20.7. The Labute approximate surface area is 349 Å². The Morgan fingerprint density at radius 1 is 0.533 bits per heavy atom. The highest BCUT2D eigenvalue weighted by Crippen LogP contribution is 2.42. The Morgan fingerprint density at radius 3 is 1.78 bits per heavy atom. The van der Waals surface area contributed by atoms with Gasteiger partial charge in [0.15, 0.2) is 5.43 Å². The molecule has 0 saturated carbocycles. The molecule has 0 aliphatic heterocycles. The second-order valence-electron chi connectivity index (χ2n) is 15.6. The van der Waals surface area contributed by atoms with Crippen molar-refractivity contribution >= 4 is 62.5 Å². The van der Waals surface area contributed by atoms with Crippen molar-refractivity contribution in [2.75, 3.05) is 9.80 Å². The monoisotopic (exact) mass is 775 g/mol. The number of para-hydroxylation sites is 5. The largest absolute Gasteiger partial charge is 0.460 e. The van der Waals surface area contributed by atoms with Crippen molar-refractivity contribution in [3.05, 3.63) is 239 Å². The van der Waals surface area contributed by atoms with Gasteiger partial charge in [0, 0.05) is 57.5 Å². The van der Waals surface area contributed by atoms with Crippen LogP contribution < -0.4 is 15.2 Å². The van der Waals surface area contributed by atoms with Gasteiger partial charge >= 0.3 is 0 Å². The van der Waals surface area contributed by atoms with Crippen molar-refractivity contribution in [1.82, 2.24) is 4.57 Å². The highest BCUT2D eigenvalue weighted by molar-refractivity contribution is 5.95. The van der Waals surface area contributed by atoms with Crippen molar-refractivity contribution in [3.63, 3.8) is 0 Å². The molecule has 0 N–H and O–H groups in total. The van der Waals surface area contributed by atoms with E-state index >= 15 is 0 Å². The third-order valence-corrected chi connectivity index (χ3v) is 12.1. The Balaban J connectivity index is 1.02. The van der Waals surface area contributed by atoms with Gasteiger partial charge in [0.05, 0.1) is 22.5 Å². The summed E-state index contributed by atoms with van der Waals surface area (Å²) < 4.78 is 8.73. The quantitative estimate of drug-likeness (QED) is 0.154. The Bertz CT molecular complexity index is 3040. The van der Waals surface area contributed by atoms with E-state index in [0.717, 1.165) is 51.8 Å². The number of anilines is 5. The lowest BCUT2D eigenvalue weighted by molar-refractivity contribution is 0.518. The zero-order valence-corrected chi connectivity index (χ0v) is 32.9. The van der Waals surface area contributed by atoms with Gasteiger partial charge in [0.1, 0.15) is 11.3 Å². The van der Waals surface area contributed by atoms with Crippen LogP contribution in [-0.4, -0.2) is 10.6 Å². The first kappa shape index (κ1) is 35.5. The van der Waals surface area contributed by atoms with Gasteiger partial charge in [-0.15, -0.1) is 0 Å². The van der Waals surface area contributed by atoms with Gasteiger partial charge in [-0.3, -0.25) is 4.79 Å². The Kier molecular flexibility index (Phi) is 8.85. The van der Waals surface area contributed by atoms with E-state index < -0.39 is 0 Å². The van der Waals surface area contributed by atoms with Crippen LogP contribution in [0.15, 0.2) is 209 Å². The molecule has 9 aromatic rings. The van der Waals surface area contributed by atoms with Crippen LogP contribution >= 0.6 is 0 Å². The molecule has 0 radical (unpaired) electrons. The van der Waals surface area contributed by atoms with Crippen LogP contribution in [0.25, 0.3) is 39.7 Å². The summed E-state index contributed by atoms with van der Waals surface area (Å²) in [6.07, 6.45) is 10.3. The molecule has 2 unspecified atom stereocenters. The summed E-state index contributed by atoms with van der Waals surface area (Å²) in [6.45, 7) is 0. The number of nitrogens with zero attached hydrogens (tertiary/aromatic N) is 3. The van der Waals surface area contributed by atoms with Gasteiger partial charge in [-0.2, -0.15) is 0 Å². The molecule has 0 fully saturated rings. The molecule has 2 aliphatic rings. The van der Waals surface area contributed by atoms with Gasteiger partial charge in [0.25, 0.3) is 0 Å². The molecule has 0 saturated heterocycles. The van der Waals surface area contributed by atoms with Gasteiger partial charge in [-0.1, -0.05) is 115 Å². The molecule has 7 aromatic carbocycles. The lowest BCUT2D eigenvalue weighted by atomic mass is 9.88. The van der Waals surface area contributed by atoms with Crippen molar-refractivity contribution in [1.29, 1.82) is 0 Å². The predicted octanol–water partition coefficient (Wildman–Crippen LogP) is 13.3. The van der Waals surface area contributed by atoms with E-state index in [-0.39, 0.29) is 17.4 Å². The number of aromatic nitrogens is 1. The van der Waals surface area contributed by atoms with Crippen LogP contribution in [0.3, 0.4) is 0 Å². The van der Waals surface area contributed by atoms with E-state index in [2.05, 4.69) is 196 Å². The third-order valence-electron chi connectivity index (χ3n) is 12.1. The van der Waals surface area contributed by atoms with Crippen LogP contribution in [0.4, 0.5) is 28.4 Å². The van der Waals surface area contributed by atoms with Crippen molar-refractivity contribution < 1.29 is 4.42 Å². The summed E-state index contributed by atoms with van der Waals surface area (Å²) in [5, 5.41) is 1.85. The molecule has 11 rings (SSSR count). The molecular weight excluding hydrogens is 735 g/mol. The van der Waals surface area contributed by atoms with Crippen LogP contribution in [0.5, 0.6) is 0 Å². The predicted molar refractivity (Wildman–Crippen MR) is 247 cm³/mol. The van der Waals surface area contributed by atoms with Crippen LogP contribution in [0, 0.1) is 0 Å². The topological polar surface area (TPSA) is 41.6 Å². The van der Waals surface area contributed by atoms with Crippen LogP contribution in [0.2, 0.25) is 0 Å². The first-order chi connectivity index (χ1) is 29.7. The standard InChI is InChI=1S/C55H41N3O2/c59-55-47-23-13-14-24-53(47)60-54-35-39(27-32-48(54)55)38-25-28-44(29-26-38)58-51-33-30-45(56(40-15-5-1-6-16-40)41-17-7-2-8-18-41)36-49(51)50-37-46(31-34-52(50)58)57(42-19-9-3-10-20-42)43-21-11-4-12-22-43/h1-34,36,39,46H,35,37H2. The molecule has 0 spiro atoms. The molecular formula is C55H41N3O2. The van der Waals surface area contributed by atoms with Crippen molar-refractivity contribution in [2.45, 2.75) is 24.8 Å². The fraction of sp³-hybridized carbons (Fsp3) is 0.0727. The SMILES string of the molecule is O=c1c2c(oc3ccccc13)CC(c1ccc(-n3c4c(c5cc(N(c6ccccc6)c6ccccc6)ccc53)CC(N(c3ccccc3)c3ccccc3)C=C4)cc1)C=C2. The average Bonchev–Trinajstić information content (AvgIpc) is 3.63. The van der Waals surface area contributed by atoms with Gasteiger partial charge in [-0.05, 0) is 115 Å². The van der Waals surface area contributed by atoms with E-state index in [4.69, 9.17) is 4.42 Å². The fourth-order valence-corrected chi connectivity index (χ4v) is 9.24. The van der Waals surface area contributed by atoms with E-state index in [1.54, 1.807) is 0 Å². The van der Waals surface area contributed by atoms with Gasteiger partial charge in [-0.25, -0.2) is 0 Å². The van der Waals surface area contributed by atoms with E-state index in [0.29, 0.717) is 23.0 Å². The number of hydrogen-bond donors (Lipinski definition) is 0. The minimum absolute atomic E-state index is 0.0333. The average molecular weight is 776 g/mol. The van der Waals surface area contributed by atoms with Crippen LogP contribution in [-0.2, 0) is 12.8 Å². The molecule has 288 valence electrons. The maximum Gasteiger partial charge on any atom is 0.200 e. The normalized spacial score (nSPS) is 15.5. The van der Waals surface area contributed by atoms with E-state index in [1.807, 2.05) is 30.3 Å². The highest BCUT2D eigenvalue weighted by atomic mass is 16.3. The molecule has 2 heterocycles. The zero-order valence-electron chi connectivity index (χ0n) is 32.9. The Hall–Kier alpha value is -7.63. The summed E-state index contributed by atoms with van der Waals surface area (Å²) in [5.74, 6) is 0.842. The first-order valence-corrected chi connectivity index (χ1v) is 20.7. The van der Waals surface area contributed by atoms with Crippen molar-refractivity contribution in [2.24, 2.45) is 0 Å². The molecule has 5 nitrogen and oxygen atoms in total. The second kappa shape index (κ2) is 14.9. The Morgan fingerprint density at radius 2 is 1.13 bits per heavy atom. The van der Waals surface area contributed by atoms with Gasteiger partial charge < -0.3 is 18.8 Å². The number of fused-ring (bicyclic) bond motifs is 5. The van der Waals surface area contributed by atoms with Crippen LogP contribution in [0.1, 0.15) is 34.1 Å². The number of rotatable bonds is 8. The van der Waals surface area contributed by atoms with Crippen molar-refractivity contribution in [3.8, 4) is 5.69 Å². The zero-order chi connectivity index (χ0) is 40.0. The number of hydrogen-bond acceptors (Lipinski definition) is 4. The molecule has 0 amide bonds. The number of benzene rings is 7. The maximum absolute atomic E-state index is 13.3. The smallest absolute Gasteiger partial charge is 0.200 e. The minimum atomic E-state index is 0.0333. The summed E-state index contributed by atoms with van der Waals surface area (Å²) in [7, 11) is 0. The third kappa shape index (κ3) is 6.23. The molecule has 5 heteroatoms. The fourth-order valence-electron chi connectivity index (χ4n) is 9.24. The minimum Gasteiger partial charge on any atom is -0.460 e. The molecule has 0 bridgehead atoms. The molecule has 2 aliphatic carbocycles.